The SMILES string of the molecule is CCCCCCCC/C=C/CCCCCCCC(=O)Nc1nnc(NCc2cccs2)s1. The molecule has 2 aromatic heterocycles. The van der Waals surface area contributed by atoms with Crippen LogP contribution in [-0.4, -0.2) is 16.1 Å². The monoisotopic (exact) mass is 476 g/mol. The minimum Gasteiger partial charge on any atom is -0.355 e. The van der Waals surface area contributed by atoms with Crippen LogP contribution in [0.25, 0.3) is 0 Å². The van der Waals surface area contributed by atoms with Crippen molar-refractivity contribution in [1.29, 1.82) is 0 Å². The summed E-state index contributed by atoms with van der Waals surface area (Å²) in [7, 11) is 0. The molecule has 0 atom stereocenters. The van der Waals surface area contributed by atoms with Crippen LogP contribution in [0, 0.1) is 0 Å². The zero-order valence-corrected chi connectivity index (χ0v) is 21.2. The number of aromatic nitrogens is 2. The number of carbonyl (C=O) groups is 1. The van der Waals surface area contributed by atoms with Gasteiger partial charge in [0.1, 0.15) is 0 Å². The largest absolute Gasteiger partial charge is 0.355 e. The van der Waals surface area contributed by atoms with Crippen molar-refractivity contribution in [1.82, 2.24) is 10.2 Å². The van der Waals surface area contributed by atoms with E-state index in [0.717, 1.165) is 24.5 Å². The van der Waals surface area contributed by atoms with Gasteiger partial charge in [-0.25, -0.2) is 0 Å². The van der Waals surface area contributed by atoms with Gasteiger partial charge in [-0.15, -0.1) is 21.5 Å². The van der Waals surface area contributed by atoms with E-state index in [1.54, 1.807) is 11.3 Å². The molecule has 0 aromatic carbocycles. The molecule has 0 saturated heterocycles. The third-order valence-electron chi connectivity index (χ3n) is 5.33. The van der Waals surface area contributed by atoms with Crippen LogP contribution in [0.5, 0.6) is 0 Å². The number of nitrogens with zero attached hydrogens (tertiary/aromatic N) is 2. The molecule has 0 aliphatic carbocycles. The van der Waals surface area contributed by atoms with E-state index in [2.05, 4.69) is 51.4 Å². The zero-order chi connectivity index (χ0) is 22.7. The van der Waals surface area contributed by atoms with Crippen molar-refractivity contribution in [3.05, 3.63) is 34.5 Å². The van der Waals surface area contributed by atoms with Crippen molar-refractivity contribution in [2.75, 3.05) is 10.6 Å². The van der Waals surface area contributed by atoms with Gasteiger partial charge in [0.25, 0.3) is 0 Å². The second kappa shape index (κ2) is 17.8. The third-order valence-corrected chi connectivity index (χ3v) is 7.00. The standard InChI is InChI=1S/C25H40N4OS2/c1-2-3-4-5-6-7-8-9-10-11-12-13-14-15-16-19-23(30)27-25-29-28-24(32-25)26-21-22-18-17-20-31-22/h9-10,17-18,20H,2-8,11-16,19,21H2,1H3,(H,26,28)(H,27,29,30)/b10-9+. The summed E-state index contributed by atoms with van der Waals surface area (Å²) >= 11 is 3.08. The number of amides is 1. The molecule has 0 bridgehead atoms. The number of carbonyl (C=O) groups excluding carboxylic acids is 1. The lowest BCUT2D eigenvalue weighted by atomic mass is 10.1. The first-order valence-corrected chi connectivity index (χ1v) is 14.0. The fourth-order valence-corrected chi connectivity index (χ4v) is 4.76. The summed E-state index contributed by atoms with van der Waals surface area (Å²) in [6.45, 7) is 3.00. The number of nitrogens with one attached hydrogen (secondary N) is 2. The van der Waals surface area contributed by atoms with E-state index in [4.69, 9.17) is 0 Å². The smallest absolute Gasteiger partial charge is 0.226 e. The van der Waals surface area contributed by atoms with Gasteiger partial charge in [0, 0.05) is 11.3 Å². The number of anilines is 2. The molecule has 0 saturated carbocycles. The highest BCUT2D eigenvalue weighted by Gasteiger charge is 2.08. The zero-order valence-electron chi connectivity index (χ0n) is 19.6. The van der Waals surface area contributed by atoms with Gasteiger partial charge in [-0.3, -0.25) is 4.79 Å². The Hall–Kier alpha value is -1.73. The first-order valence-electron chi connectivity index (χ1n) is 12.3. The molecule has 2 rings (SSSR count). The van der Waals surface area contributed by atoms with E-state index < -0.39 is 0 Å². The molecular formula is C25H40N4OS2. The van der Waals surface area contributed by atoms with Crippen LogP contribution < -0.4 is 10.6 Å². The number of hydrogen-bond acceptors (Lipinski definition) is 6. The molecule has 0 aliphatic rings. The molecule has 0 radical (unpaired) electrons. The van der Waals surface area contributed by atoms with Crippen LogP contribution in [-0.2, 0) is 11.3 Å². The van der Waals surface area contributed by atoms with E-state index >= 15 is 0 Å². The first-order chi connectivity index (χ1) is 15.8. The van der Waals surface area contributed by atoms with Crippen LogP contribution >= 0.6 is 22.7 Å². The van der Waals surface area contributed by atoms with Crippen molar-refractivity contribution in [3.63, 3.8) is 0 Å². The van der Waals surface area contributed by atoms with Gasteiger partial charge in [0.05, 0.1) is 6.54 Å². The maximum atomic E-state index is 12.1. The van der Waals surface area contributed by atoms with Gasteiger partial charge in [-0.1, -0.05) is 87.8 Å². The minimum atomic E-state index is 0.0311. The van der Waals surface area contributed by atoms with Gasteiger partial charge in [0.15, 0.2) is 0 Å². The fourth-order valence-electron chi connectivity index (χ4n) is 3.46. The van der Waals surface area contributed by atoms with Crippen LogP contribution in [0.15, 0.2) is 29.7 Å². The Labute approximate surface area is 202 Å². The number of thiophene rings is 1. The summed E-state index contributed by atoms with van der Waals surface area (Å²) in [4.78, 5) is 13.3. The number of allylic oxidation sites excluding steroid dienone is 2. The lowest BCUT2D eigenvalue weighted by Gasteiger charge is -2.02. The average molecular weight is 477 g/mol. The first kappa shape index (κ1) is 26.5. The highest BCUT2D eigenvalue weighted by molar-refractivity contribution is 7.19. The Morgan fingerprint density at radius 3 is 2.25 bits per heavy atom. The lowest BCUT2D eigenvalue weighted by Crippen LogP contribution is -2.10. The Morgan fingerprint density at radius 1 is 0.906 bits per heavy atom. The summed E-state index contributed by atoms with van der Waals surface area (Å²) in [5, 5.41) is 17.6. The lowest BCUT2D eigenvalue weighted by molar-refractivity contribution is -0.116. The summed E-state index contributed by atoms with van der Waals surface area (Å²) in [6, 6.07) is 4.11. The van der Waals surface area contributed by atoms with Crippen LogP contribution in [0.1, 0.15) is 102 Å². The Balaban J connectivity index is 1.39. The molecule has 0 spiro atoms. The highest BCUT2D eigenvalue weighted by Crippen LogP contribution is 2.21. The summed E-state index contributed by atoms with van der Waals surface area (Å²) < 4.78 is 0. The maximum Gasteiger partial charge on any atom is 0.226 e. The predicted octanol–water partition coefficient (Wildman–Crippen LogP) is 8.19. The molecule has 0 unspecified atom stereocenters. The maximum absolute atomic E-state index is 12.1. The molecule has 0 fully saturated rings. The average Bonchev–Trinajstić information content (AvgIpc) is 3.47. The number of unbranched alkanes of at least 4 members (excludes halogenated alkanes) is 11. The third kappa shape index (κ3) is 13.0. The summed E-state index contributed by atoms with van der Waals surface area (Å²) in [5.74, 6) is 0.0311. The quantitative estimate of drug-likeness (QED) is 0.158. The van der Waals surface area contributed by atoms with Gasteiger partial charge in [0.2, 0.25) is 16.2 Å². The van der Waals surface area contributed by atoms with Crippen LogP contribution in [0.4, 0.5) is 10.3 Å². The Kier molecular flexibility index (Phi) is 14.7. The van der Waals surface area contributed by atoms with Crippen molar-refractivity contribution >= 4 is 38.8 Å². The Bertz CT molecular complexity index is 743. The minimum absolute atomic E-state index is 0.0311. The van der Waals surface area contributed by atoms with Gasteiger partial charge < -0.3 is 10.6 Å². The molecule has 2 N–H and O–H groups in total. The van der Waals surface area contributed by atoms with Crippen molar-refractivity contribution in [3.8, 4) is 0 Å². The predicted molar refractivity (Wildman–Crippen MR) is 140 cm³/mol. The van der Waals surface area contributed by atoms with Gasteiger partial charge >= 0.3 is 0 Å². The molecular weight excluding hydrogens is 436 g/mol. The van der Waals surface area contributed by atoms with Crippen molar-refractivity contribution in [2.24, 2.45) is 0 Å². The second-order valence-corrected chi connectivity index (χ2v) is 10.2. The number of rotatable bonds is 19. The van der Waals surface area contributed by atoms with Crippen molar-refractivity contribution in [2.45, 2.75) is 103 Å². The van der Waals surface area contributed by atoms with Crippen molar-refractivity contribution < 1.29 is 4.79 Å². The normalized spacial score (nSPS) is 11.3. The van der Waals surface area contributed by atoms with E-state index in [-0.39, 0.29) is 5.91 Å². The van der Waals surface area contributed by atoms with Gasteiger partial charge in [-0.05, 0) is 43.6 Å². The molecule has 178 valence electrons. The summed E-state index contributed by atoms with van der Waals surface area (Å²) in [5.41, 5.74) is 0. The summed E-state index contributed by atoms with van der Waals surface area (Å²) in [6.07, 6.45) is 21.7. The molecule has 0 aliphatic heterocycles. The molecule has 2 aromatic rings. The molecule has 7 heteroatoms. The van der Waals surface area contributed by atoms with E-state index in [1.165, 1.54) is 86.8 Å². The van der Waals surface area contributed by atoms with E-state index in [1.807, 2.05) is 6.07 Å². The highest BCUT2D eigenvalue weighted by atomic mass is 32.1. The van der Waals surface area contributed by atoms with Crippen LogP contribution in [0.3, 0.4) is 0 Å². The van der Waals surface area contributed by atoms with Crippen LogP contribution in [0.2, 0.25) is 0 Å². The molecule has 1 amide bonds. The number of hydrogen-bond donors (Lipinski definition) is 2. The van der Waals surface area contributed by atoms with Gasteiger partial charge in [-0.2, -0.15) is 0 Å². The Morgan fingerprint density at radius 2 is 1.56 bits per heavy atom. The fraction of sp³-hybridized carbons (Fsp3) is 0.640. The van der Waals surface area contributed by atoms with E-state index in [0.29, 0.717) is 11.6 Å². The van der Waals surface area contributed by atoms with E-state index in [9.17, 15) is 4.79 Å². The molecule has 32 heavy (non-hydrogen) atoms. The molecule has 2 heterocycles. The topological polar surface area (TPSA) is 66.9 Å². The molecule has 5 nitrogen and oxygen atoms in total. The second-order valence-electron chi connectivity index (χ2n) is 8.23.